The van der Waals surface area contributed by atoms with Crippen molar-refractivity contribution < 1.29 is 24.0 Å². The Balaban J connectivity index is 1.82. The number of likely N-dealkylation sites (tertiary alicyclic amines) is 1. The van der Waals surface area contributed by atoms with Crippen LogP contribution in [-0.2, 0) is 19.2 Å². The van der Waals surface area contributed by atoms with Crippen molar-refractivity contribution in [3.05, 3.63) is 0 Å². The van der Waals surface area contributed by atoms with Crippen LogP contribution in [0.3, 0.4) is 0 Å². The van der Waals surface area contributed by atoms with Gasteiger partial charge in [-0.3, -0.25) is 19.2 Å². The van der Waals surface area contributed by atoms with E-state index in [2.05, 4.69) is 29.8 Å². The first-order chi connectivity index (χ1) is 16.1. The number of carbonyl (C=O) groups is 5. The van der Waals surface area contributed by atoms with Gasteiger partial charge in [0.1, 0.15) is 18.1 Å². The first kappa shape index (κ1) is 26.7. The number of fused-ring (bicyclic) bond motifs is 1. The molecule has 2 aliphatic heterocycles. The van der Waals surface area contributed by atoms with E-state index in [-0.39, 0.29) is 35.5 Å². The van der Waals surface area contributed by atoms with E-state index in [1.807, 2.05) is 20.8 Å². The van der Waals surface area contributed by atoms with Crippen LogP contribution in [0.2, 0.25) is 0 Å². The van der Waals surface area contributed by atoms with E-state index >= 15 is 0 Å². The van der Waals surface area contributed by atoms with Gasteiger partial charge in [-0.1, -0.05) is 34.6 Å². The van der Waals surface area contributed by atoms with Gasteiger partial charge in [0, 0.05) is 33.1 Å². The van der Waals surface area contributed by atoms with Crippen molar-refractivity contribution in [2.75, 3.05) is 27.2 Å². The van der Waals surface area contributed by atoms with Gasteiger partial charge in [0.15, 0.2) is 0 Å². The number of nitrogens with zero attached hydrogens (tertiary/aromatic N) is 2. The normalized spacial score (nSPS) is 28.4. The van der Waals surface area contributed by atoms with Gasteiger partial charge in [0.05, 0.1) is 0 Å². The number of hydrogen-bond donors (Lipinski definition) is 4. The molecule has 0 spiro atoms. The van der Waals surface area contributed by atoms with Crippen molar-refractivity contribution in [2.24, 2.45) is 34.3 Å². The molecule has 0 bridgehead atoms. The van der Waals surface area contributed by atoms with Crippen LogP contribution in [0.5, 0.6) is 0 Å². The van der Waals surface area contributed by atoms with Crippen molar-refractivity contribution in [2.45, 2.75) is 65.6 Å². The predicted molar refractivity (Wildman–Crippen MR) is 129 cm³/mol. The molecular formula is C24H40N6O5. The molecular weight excluding hydrogens is 452 g/mol. The van der Waals surface area contributed by atoms with E-state index in [4.69, 9.17) is 5.73 Å². The summed E-state index contributed by atoms with van der Waals surface area (Å²) in [5.41, 5.74) is 4.84. The minimum Gasteiger partial charge on any atom is -0.368 e. The van der Waals surface area contributed by atoms with Gasteiger partial charge in [0.25, 0.3) is 0 Å². The maximum absolute atomic E-state index is 13.8. The van der Waals surface area contributed by atoms with Gasteiger partial charge < -0.3 is 31.5 Å². The molecule has 3 aliphatic rings. The van der Waals surface area contributed by atoms with E-state index in [0.29, 0.717) is 19.5 Å². The number of nitrogens with two attached hydrogens (primary N) is 1. The predicted octanol–water partition coefficient (Wildman–Crippen LogP) is -0.348. The number of rotatable bonds is 7. The highest BCUT2D eigenvalue weighted by Crippen LogP contribution is 2.65. The highest BCUT2D eigenvalue weighted by Gasteiger charge is 2.69. The second-order valence-electron chi connectivity index (χ2n) is 12.0. The number of primary amides is 1. The second kappa shape index (κ2) is 9.31. The molecule has 3 fully saturated rings. The lowest BCUT2D eigenvalue weighted by Crippen LogP contribution is -2.61. The highest BCUT2D eigenvalue weighted by molar-refractivity contribution is 5.95. The molecule has 1 saturated carbocycles. The molecule has 11 heteroatoms. The van der Waals surface area contributed by atoms with Crippen molar-refractivity contribution in [1.29, 1.82) is 0 Å². The average molecular weight is 493 g/mol. The monoisotopic (exact) mass is 492 g/mol. The summed E-state index contributed by atoms with van der Waals surface area (Å²) in [4.78, 5) is 66.8. The second-order valence-corrected chi connectivity index (χ2v) is 12.0. The Morgan fingerprint density at radius 1 is 1.20 bits per heavy atom. The minimum atomic E-state index is -1.01. The maximum Gasteiger partial charge on any atom is 0.317 e. The van der Waals surface area contributed by atoms with Crippen LogP contribution in [-0.4, -0.2) is 84.8 Å². The standard InChI is InChI=1S/C24H40N6O5/c1-23(2,3)17(28-22(35)29(6)7)21(34)30-11-13-15(24(13,4)5)16(30)20(33)27-14(18(25)31)10-12-8-9-26-19(12)32/h12-17H,8-11H2,1-7H3,(H2,25,31)(H,26,32)(H,27,33)(H,28,35)/t12-,13-,14-,15-,16-,17+/m0/s1. The Hall–Kier alpha value is -2.85. The van der Waals surface area contributed by atoms with Gasteiger partial charge in [0.2, 0.25) is 23.6 Å². The molecule has 2 heterocycles. The van der Waals surface area contributed by atoms with Crippen LogP contribution >= 0.6 is 0 Å². The molecule has 0 aromatic carbocycles. The minimum absolute atomic E-state index is 0.0695. The fourth-order valence-electron chi connectivity index (χ4n) is 5.54. The SMILES string of the molecule is CN(C)C(=O)N[C@H](C(=O)N1C[C@H]2[C@@H]([C@H]1C(=O)N[C@@H](C[C@@H]1CCNC1=O)C(N)=O)C2(C)C)C(C)(C)C. The Labute approximate surface area is 206 Å². The van der Waals surface area contributed by atoms with Crippen LogP contribution in [0.15, 0.2) is 0 Å². The maximum atomic E-state index is 13.8. The lowest BCUT2D eigenvalue weighted by molar-refractivity contribution is -0.144. The van der Waals surface area contributed by atoms with Crippen LogP contribution in [0, 0.1) is 28.6 Å². The highest BCUT2D eigenvalue weighted by atomic mass is 16.2. The van der Waals surface area contributed by atoms with Crippen LogP contribution in [0.1, 0.15) is 47.5 Å². The molecule has 0 unspecified atom stereocenters. The lowest BCUT2D eigenvalue weighted by atomic mass is 9.85. The van der Waals surface area contributed by atoms with Crippen molar-refractivity contribution in [3.8, 4) is 0 Å². The summed E-state index contributed by atoms with van der Waals surface area (Å²) in [7, 11) is 3.19. The summed E-state index contributed by atoms with van der Waals surface area (Å²) < 4.78 is 0. The van der Waals surface area contributed by atoms with Gasteiger partial charge >= 0.3 is 6.03 Å². The Morgan fingerprint density at radius 2 is 1.83 bits per heavy atom. The molecule has 35 heavy (non-hydrogen) atoms. The van der Waals surface area contributed by atoms with E-state index < -0.39 is 47.3 Å². The quantitative estimate of drug-likeness (QED) is 0.383. The summed E-state index contributed by atoms with van der Waals surface area (Å²) in [5.74, 6) is -1.99. The molecule has 196 valence electrons. The van der Waals surface area contributed by atoms with Gasteiger partial charge in [-0.25, -0.2) is 4.79 Å². The molecule has 2 saturated heterocycles. The van der Waals surface area contributed by atoms with E-state index in [9.17, 15) is 24.0 Å². The first-order valence-electron chi connectivity index (χ1n) is 12.2. The molecule has 1 aliphatic carbocycles. The van der Waals surface area contributed by atoms with E-state index in [1.54, 1.807) is 19.0 Å². The topological polar surface area (TPSA) is 154 Å². The molecule has 6 atom stereocenters. The zero-order chi connectivity index (χ0) is 26.5. The smallest absolute Gasteiger partial charge is 0.317 e. The van der Waals surface area contributed by atoms with Crippen molar-refractivity contribution in [3.63, 3.8) is 0 Å². The van der Waals surface area contributed by atoms with Gasteiger partial charge in [-0.15, -0.1) is 0 Å². The fraction of sp³-hybridized carbons (Fsp3) is 0.792. The number of amides is 6. The van der Waals surface area contributed by atoms with E-state index in [0.717, 1.165) is 0 Å². The van der Waals surface area contributed by atoms with Gasteiger partial charge in [-0.05, 0) is 35.5 Å². The van der Waals surface area contributed by atoms with Gasteiger partial charge in [-0.2, -0.15) is 0 Å². The number of urea groups is 1. The Morgan fingerprint density at radius 3 is 2.31 bits per heavy atom. The van der Waals surface area contributed by atoms with Crippen LogP contribution in [0.4, 0.5) is 4.79 Å². The zero-order valence-electron chi connectivity index (χ0n) is 21.8. The summed E-state index contributed by atoms with van der Waals surface area (Å²) in [5, 5.41) is 8.26. The molecule has 3 rings (SSSR count). The summed E-state index contributed by atoms with van der Waals surface area (Å²) in [6.07, 6.45) is 0.692. The summed E-state index contributed by atoms with van der Waals surface area (Å²) in [6.45, 7) is 10.6. The lowest BCUT2D eigenvalue weighted by Gasteiger charge is -2.38. The molecule has 0 aromatic rings. The fourth-order valence-corrected chi connectivity index (χ4v) is 5.54. The summed E-state index contributed by atoms with van der Waals surface area (Å²) >= 11 is 0. The Bertz CT molecular complexity index is 911. The molecule has 11 nitrogen and oxygen atoms in total. The van der Waals surface area contributed by atoms with Crippen LogP contribution < -0.4 is 21.7 Å². The van der Waals surface area contributed by atoms with Crippen molar-refractivity contribution in [1.82, 2.24) is 25.8 Å². The third kappa shape index (κ3) is 5.23. The largest absolute Gasteiger partial charge is 0.368 e. The third-order valence-corrected chi connectivity index (χ3v) is 7.89. The van der Waals surface area contributed by atoms with E-state index in [1.165, 1.54) is 4.90 Å². The Kier molecular flexibility index (Phi) is 7.12. The molecule has 0 radical (unpaired) electrons. The van der Waals surface area contributed by atoms with Crippen molar-refractivity contribution >= 4 is 29.7 Å². The molecule has 0 aromatic heterocycles. The number of carbonyl (C=O) groups excluding carboxylic acids is 5. The number of hydrogen-bond acceptors (Lipinski definition) is 5. The van der Waals surface area contributed by atoms with Crippen LogP contribution in [0.25, 0.3) is 0 Å². The third-order valence-electron chi connectivity index (χ3n) is 7.89. The molecule has 6 amide bonds. The summed E-state index contributed by atoms with van der Waals surface area (Å²) in [6, 6.07) is -3.04. The number of nitrogens with one attached hydrogen (secondary N) is 3. The molecule has 5 N–H and O–H groups in total. The average Bonchev–Trinajstić information content (AvgIpc) is 3.10. The number of piperidine rings is 1. The zero-order valence-corrected chi connectivity index (χ0v) is 21.8. The first-order valence-corrected chi connectivity index (χ1v) is 12.2.